The minimum Gasteiger partial charge on any atom is -0.469 e. The number of nitrogens with zero attached hydrogens (tertiary/aromatic N) is 2. The Labute approximate surface area is 167 Å². The Bertz CT molecular complexity index is 513. The van der Waals surface area contributed by atoms with E-state index >= 15 is 0 Å². The highest BCUT2D eigenvalue weighted by Crippen LogP contribution is 2.10. The summed E-state index contributed by atoms with van der Waals surface area (Å²) in [7, 11) is 1.68. The molecular formula is C17H30IN5O2. The van der Waals surface area contributed by atoms with Gasteiger partial charge in [0.2, 0.25) is 5.91 Å². The average Bonchev–Trinajstić information content (AvgIpc) is 3.10. The first-order chi connectivity index (χ1) is 11.7. The molecule has 8 heteroatoms. The molecular weight excluding hydrogens is 433 g/mol. The highest BCUT2D eigenvalue weighted by atomic mass is 127. The molecule has 2 heterocycles. The Balaban J connectivity index is 0.00000312. The minimum absolute atomic E-state index is 0. The number of aliphatic imine (C=N–C) groups is 1. The van der Waals surface area contributed by atoms with E-state index in [4.69, 9.17) is 4.42 Å². The standard InChI is InChI=1S/C17H29N5O2.HI/c1-3-19-17(20-9-6-15-5-4-12-24-15)21-14-7-10-22(11-8-14)13-16(23)18-2;/h4-5,12,14H,3,6-11,13H2,1-2H3,(H,18,23)(H2,19,20,21);1H. The zero-order valence-electron chi connectivity index (χ0n) is 15.1. The zero-order valence-corrected chi connectivity index (χ0v) is 17.4. The van der Waals surface area contributed by atoms with E-state index < -0.39 is 0 Å². The molecule has 1 saturated heterocycles. The summed E-state index contributed by atoms with van der Waals surface area (Å²) in [6.07, 6.45) is 4.52. The second-order valence-corrected chi connectivity index (χ2v) is 5.96. The van der Waals surface area contributed by atoms with Crippen molar-refractivity contribution >= 4 is 35.8 Å². The van der Waals surface area contributed by atoms with Crippen molar-refractivity contribution in [1.82, 2.24) is 20.9 Å². The second kappa shape index (κ2) is 12.1. The molecule has 1 fully saturated rings. The fourth-order valence-corrected chi connectivity index (χ4v) is 2.76. The lowest BCUT2D eigenvalue weighted by Crippen LogP contribution is -2.50. The molecule has 0 aliphatic carbocycles. The number of likely N-dealkylation sites (tertiary alicyclic amines) is 1. The number of amides is 1. The van der Waals surface area contributed by atoms with Crippen LogP contribution in [0.4, 0.5) is 0 Å². The molecule has 142 valence electrons. The van der Waals surface area contributed by atoms with Crippen LogP contribution in [0.3, 0.4) is 0 Å². The summed E-state index contributed by atoms with van der Waals surface area (Å²) in [5.41, 5.74) is 0. The third-order valence-electron chi connectivity index (χ3n) is 4.13. The first-order valence-corrected chi connectivity index (χ1v) is 8.71. The van der Waals surface area contributed by atoms with E-state index in [-0.39, 0.29) is 29.9 Å². The molecule has 0 aromatic carbocycles. The predicted octanol–water partition coefficient (Wildman–Crippen LogP) is 1.21. The number of hydrogen-bond donors (Lipinski definition) is 3. The van der Waals surface area contributed by atoms with Gasteiger partial charge in [0.1, 0.15) is 5.76 Å². The van der Waals surface area contributed by atoms with Gasteiger partial charge in [-0.2, -0.15) is 0 Å². The number of guanidine groups is 1. The van der Waals surface area contributed by atoms with Gasteiger partial charge >= 0.3 is 0 Å². The van der Waals surface area contributed by atoms with Gasteiger partial charge in [0.05, 0.1) is 12.8 Å². The van der Waals surface area contributed by atoms with Crippen LogP contribution >= 0.6 is 24.0 Å². The molecule has 1 aromatic rings. The summed E-state index contributed by atoms with van der Waals surface area (Å²) in [4.78, 5) is 18.2. The van der Waals surface area contributed by atoms with E-state index in [9.17, 15) is 4.79 Å². The topological polar surface area (TPSA) is 81.9 Å². The van der Waals surface area contributed by atoms with E-state index in [1.54, 1.807) is 13.3 Å². The van der Waals surface area contributed by atoms with Crippen LogP contribution in [0, 0.1) is 0 Å². The van der Waals surface area contributed by atoms with Gasteiger partial charge in [0.25, 0.3) is 0 Å². The normalized spacial score (nSPS) is 16.2. The van der Waals surface area contributed by atoms with Gasteiger partial charge in [-0.05, 0) is 31.9 Å². The van der Waals surface area contributed by atoms with Crippen molar-refractivity contribution in [1.29, 1.82) is 0 Å². The highest BCUT2D eigenvalue weighted by Gasteiger charge is 2.21. The Kier molecular flexibility index (Phi) is 10.6. The summed E-state index contributed by atoms with van der Waals surface area (Å²) < 4.78 is 5.33. The van der Waals surface area contributed by atoms with Gasteiger partial charge in [-0.1, -0.05) is 0 Å². The average molecular weight is 463 g/mol. The first kappa shape index (κ1) is 21.8. The lowest BCUT2D eigenvalue weighted by molar-refractivity contribution is -0.122. The molecule has 0 atom stereocenters. The van der Waals surface area contributed by atoms with Crippen molar-refractivity contribution in [2.75, 3.05) is 39.8 Å². The van der Waals surface area contributed by atoms with Crippen LogP contribution < -0.4 is 16.0 Å². The van der Waals surface area contributed by atoms with Gasteiger partial charge in [-0.3, -0.25) is 14.7 Å². The fraction of sp³-hybridized carbons (Fsp3) is 0.647. The number of likely N-dealkylation sites (N-methyl/N-ethyl adjacent to an activating group) is 1. The number of piperidine rings is 1. The van der Waals surface area contributed by atoms with Crippen molar-refractivity contribution in [3.05, 3.63) is 24.2 Å². The number of rotatable bonds is 7. The number of nitrogens with one attached hydrogen (secondary N) is 3. The number of furan rings is 1. The molecule has 1 amide bonds. The van der Waals surface area contributed by atoms with E-state index in [1.807, 2.05) is 12.1 Å². The molecule has 0 unspecified atom stereocenters. The predicted molar refractivity (Wildman–Crippen MR) is 110 cm³/mol. The highest BCUT2D eigenvalue weighted by molar-refractivity contribution is 14.0. The lowest BCUT2D eigenvalue weighted by Gasteiger charge is -2.32. The second-order valence-electron chi connectivity index (χ2n) is 5.96. The molecule has 7 nitrogen and oxygen atoms in total. The van der Waals surface area contributed by atoms with Crippen LogP contribution in [0.5, 0.6) is 0 Å². The van der Waals surface area contributed by atoms with Crippen LogP contribution in [0.15, 0.2) is 27.8 Å². The Morgan fingerprint density at radius 1 is 1.40 bits per heavy atom. The van der Waals surface area contributed by atoms with Gasteiger partial charge in [0.15, 0.2) is 5.96 Å². The Hall–Kier alpha value is -1.29. The zero-order chi connectivity index (χ0) is 17.2. The third-order valence-corrected chi connectivity index (χ3v) is 4.13. The lowest BCUT2D eigenvalue weighted by atomic mass is 10.1. The van der Waals surface area contributed by atoms with Crippen LogP contribution in [-0.2, 0) is 11.2 Å². The molecule has 0 bridgehead atoms. The molecule has 2 rings (SSSR count). The smallest absolute Gasteiger partial charge is 0.233 e. The van der Waals surface area contributed by atoms with E-state index in [2.05, 4.69) is 32.8 Å². The van der Waals surface area contributed by atoms with Gasteiger partial charge in [0, 0.05) is 45.7 Å². The Morgan fingerprint density at radius 2 is 2.16 bits per heavy atom. The van der Waals surface area contributed by atoms with Crippen molar-refractivity contribution < 1.29 is 9.21 Å². The molecule has 0 radical (unpaired) electrons. The van der Waals surface area contributed by atoms with E-state index in [0.29, 0.717) is 19.1 Å². The van der Waals surface area contributed by atoms with Crippen LogP contribution in [0.25, 0.3) is 0 Å². The largest absolute Gasteiger partial charge is 0.469 e. The quantitative estimate of drug-likeness (QED) is 0.322. The van der Waals surface area contributed by atoms with Gasteiger partial charge in [-0.25, -0.2) is 0 Å². The summed E-state index contributed by atoms with van der Waals surface area (Å²) >= 11 is 0. The molecule has 25 heavy (non-hydrogen) atoms. The van der Waals surface area contributed by atoms with Crippen molar-refractivity contribution in [2.24, 2.45) is 4.99 Å². The first-order valence-electron chi connectivity index (χ1n) is 8.71. The molecule has 1 aliphatic rings. The fourth-order valence-electron chi connectivity index (χ4n) is 2.76. The van der Waals surface area contributed by atoms with E-state index in [0.717, 1.165) is 50.6 Å². The number of carbonyl (C=O) groups excluding carboxylic acids is 1. The number of halogens is 1. The molecule has 1 aliphatic heterocycles. The summed E-state index contributed by atoms with van der Waals surface area (Å²) in [5.74, 6) is 1.89. The van der Waals surface area contributed by atoms with Gasteiger partial charge in [-0.15, -0.1) is 24.0 Å². The van der Waals surface area contributed by atoms with Crippen LogP contribution in [0.2, 0.25) is 0 Å². The molecule has 0 spiro atoms. The van der Waals surface area contributed by atoms with Crippen molar-refractivity contribution in [3.8, 4) is 0 Å². The summed E-state index contributed by atoms with van der Waals surface area (Å²) in [6.45, 7) is 5.93. The summed E-state index contributed by atoms with van der Waals surface area (Å²) in [6, 6.07) is 4.26. The van der Waals surface area contributed by atoms with E-state index in [1.165, 1.54) is 0 Å². The number of hydrogen-bond acceptors (Lipinski definition) is 4. The maximum atomic E-state index is 11.4. The number of carbonyl (C=O) groups is 1. The van der Waals surface area contributed by atoms with Crippen LogP contribution in [0.1, 0.15) is 25.5 Å². The minimum atomic E-state index is 0. The maximum absolute atomic E-state index is 11.4. The van der Waals surface area contributed by atoms with Crippen molar-refractivity contribution in [2.45, 2.75) is 32.2 Å². The SMILES string of the molecule is CCNC(=NCCc1ccco1)NC1CCN(CC(=O)NC)CC1.I. The Morgan fingerprint density at radius 3 is 2.76 bits per heavy atom. The summed E-state index contributed by atoms with van der Waals surface area (Å²) in [5, 5.41) is 9.47. The molecule has 0 saturated carbocycles. The molecule has 1 aromatic heterocycles. The molecule has 3 N–H and O–H groups in total. The monoisotopic (exact) mass is 463 g/mol. The van der Waals surface area contributed by atoms with Crippen molar-refractivity contribution in [3.63, 3.8) is 0 Å². The third kappa shape index (κ3) is 8.08. The maximum Gasteiger partial charge on any atom is 0.233 e. The van der Waals surface area contributed by atoms with Crippen LogP contribution in [-0.4, -0.2) is 62.6 Å². The van der Waals surface area contributed by atoms with Gasteiger partial charge < -0.3 is 20.4 Å².